The van der Waals surface area contributed by atoms with Gasteiger partial charge in [0.1, 0.15) is 18.0 Å². The third kappa shape index (κ3) is 3.75. The lowest BCUT2D eigenvalue weighted by molar-refractivity contribution is 0.0581. The van der Waals surface area contributed by atoms with Crippen LogP contribution in [0.3, 0.4) is 0 Å². The molecular formula is C24H28N2O4. The third-order valence-electron chi connectivity index (χ3n) is 5.31. The van der Waals surface area contributed by atoms with Gasteiger partial charge in [-0.15, -0.1) is 0 Å². The standard InChI is InChI=1S/C24H28N2O4/c1-15-11-25-22-19(29-14-16-8-6-5-7-9-16)10-18-21(20(15)22)17(13-27)12-26(18)23(28)30-24(2,3)4/h5-11,17,25,27H,12-14H2,1-4H3/t17-/m0/s1. The lowest BCUT2D eigenvalue weighted by Crippen LogP contribution is -2.36. The van der Waals surface area contributed by atoms with Gasteiger partial charge < -0.3 is 19.6 Å². The summed E-state index contributed by atoms with van der Waals surface area (Å²) >= 11 is 0. The molecule has 1 aliphatic rings. The number of carbonyl (C=O) groups excluding carboxylic acids is 1. The second-order valence-electron chi connectivity index (χ2n) is 8.77. The monoisotopic (exact) mass is 408 g/mol. The smallest absolute Gasteiger partial charge is 0.414 e. The zero-order chi connectivity index (χ0) is 21.5. The highest BCUT2D eigenvalue weighted by molar-refractivity contribution is 6.02. The molecule has 0 fully saturated rings. The number of anilines is 1. The Morgan fingerprint density at radius 1 is 1.27 bits per heavy atom. The number of amides is 1. The maximum absolute atomic E-state index is 12.9. The van der Waals surface area contributed by atoms with Crippen molar-refractivity contribution in [1.29, 1.82) is 0 Å². The van der Waals surface area contributed by atoms with Crippen LogP contribution in [-0.4, -0.2) is 34.9 Å². The average Bonchev–Trinajstić information content (AvgIpc) is 3.26. The summed E-state index contributed by atoms with van der Waals surface area (Å²) < 4.78 is 11.8. The van der Waals surface area contributed by atoms with Gasteiger partial charge in [-0.1, -0.05) is 30.3 Å². The highest BCUT2D eigenvalue weighted by atomic mass is 16.6. The first kappa shape index (κ1) is 20.3. The SMILES string of the molecule is Cc1c[nH]c2c(OCc3ccccc3)cc3c(c12)[C@H](CO)CN3C(=O)OC(C)(C)C. The van der Waals surface area contributed by atoms with Crippen molar-refractivity contribution in [3.05, 3.63) is 59.3 Å². The van der Waals surface area contributed by atoms with Crippen molar-refractivity contribution in [2.24, 2.45) is 0 Å². The molecule has 2 heterocycles. The second-order valence-corrected chi connectivity index (χ2v) is 8.77. The van der Waals surface area contributed by atoms with E-state index in [9.17, 15) is 9.90 Å². The molecule has 1 atom stereocenters. The van der Waals surface area contributed by atoms with Crippen LogP contribution in [0.5, 0.6) is 5.75 Å². The number of hydrogen-bond donors (Lipinski definition) is 2. The molecule has 0 unspecified atom stereocenters. The van der Waals surface area contributed by atoms with E-state index in [4.69, 9.17) is 9.47 Å². The fourth-order valence-electron chi connectivity index (χ4n) is 4.00. The number of aromatic nitrogens is 1. The molecule has 3 aromatic rings. The summed E-state index contributed by atoms with van der Waals surface area (Å²) in [4.78, 5) is 17.8. The number of aliphatic hydroxyl groups is 1. The van der Waals surface area contributed by atoms with Crippen LogP contribution in [0, 0.1) is 6.92 Å². The molecule has 0 bridgehead atoms. The first-order valence-corrected chi connectivity index (χ1v) is 10.2. The van der Waals surface area contributed by atoms with Crippen LogP contribution in [0.1, 0.15) is 43.4 Å². The van der Waals surface area contributed by atoms with Gasteiger partial charge in [-0.05, 0) is 44.4 Å². The van der Waals surface area contributed by atoms with E-state index in [1.165, 1.54) is 0 Å². The number of nitrogens with zero attached hydrogens (tertiary/aromatic N) is 1. The van der Waals surface area contributed by atoms with Crippen LogP contribution in [0.4, 0.5) is 10.5 Å². The Morgan fingerprint density at radius 3 is 2.67 bits per heavy atom. The minimum Gasteiger partial charge on any atom is -0.487 e. The number of hydrogen-bond acceptors (Lipinski definition) is 4. The van der Waals surface area contributed by atoms with Gasteiger partial charge >= 0.3 is 6.09 Å². The summed E-state index contributed by atoms with van der Waals surface area (Å²) in [6, 6.07) is 11.8. The van der Waals surface area contributed by atoms with Crippen LogP contribution in [0.15, 0.2) is 42.6 Å². The Hall–Kier alpha value is -2.99. The second kappa shape index (κ2) is 7.69. The maximum atomic E-state index is 12.9. The van der Waals surface area contributed by atoms with Crippen LogP contribution in [-0.2, 0) is 11.3 Å². The number of fused-ring (bicyclic) bond motifs is 3. The number of H-pyrrole nitrogens is 1. The first-order chi connectivity index (χ1) is 14.3. The van der Waals surface area contributed by atoms with E-state index >= 15 is 0 Å². The quantitative estimate of drug-likeness (QED) is 0.645. The predicted molar refractivity (Wildman–Crippen MR) is 117 cm³/mol. The molecule has 1 amide bonds. The summed E-state index contributed by atoms with van der Waals surface area (Å²) in [6.45, 7) is 8.31. The molecule has 1 aromatic heterocycles. The number of rotatable bonds is 4. The van der Waals surface area contributed by atoms with Crippen LogP contribution < -0.4 is 9.64 Å². The molecule has 6 heteroatoms. The van der Waals surface area contributed by atoms with Crippen molar-refractivity contribution in [3.63, 3.8) is 0 Å². The van der Waals surface area contributed by atoms with Gasteiger partial charge in [0.15, 0.2) is 0 Å². The number of carbonyl (C=O) groups is 1. The number of nitrogens with one attached hydrogen (secondary N) is 1. The topological polar surface area (TPSA) is 74.8 Å². The Morgan fingerprint density at radius 2 is 2.00 bits per heavy atom. The minimum absolute atomic E-state index is 0.0454. The number of aliphatic hydroxyl groups excluding tert-OH is 1. The van der Waals surface area contributed by atoms with Gasteiger partial charge in [0, 0.05) is 30.1 Å². The number of aromatic amines is 1. The average molecular weight is 408 g/mol. The highest BCUT2D eigenvalue weighted by Crippen LogP contribution is 2.46. The zero-order valence-electron chi connectivity index (χ0n) is 17.9. The van der Waals surface area contributed by atoms with Crippen molar-refractivity contribution >= 4 is 22.7 Å². The Labute approximate surface area is 176 Å². The molecule has 2 N–H and O–H groups in total. The number of ether oxygens (including phenoxy) is 2. The Kier molecular flexibility index (Phi) is 5.20. The van der Waals surface area contributed by atoms with Crippen molar-refractivity contribution in [3.8, 4) is 5.75 Å². The molecule has 6 nitrogen and oxygen atoms in total. The molecule has 158 valence electrons. The molecule has 0 radical (unpaired) electrons. The molecule has 30 heavy (non-hydrogen) atoms. The van der Waals surface area contributed by atoms with E-state index in [1.54, 1.807) is 4.90 Å². The van der Waals surface area contributed by atoms with E-state index in [0.717, 1.165) is 33.3 Å². The van der Waals surface area contributed by atoms with Gasteiger partial charge in [-0.3, -0.25) is 4.90 Å². The van der Waals surface area contributed by atoms with Crippen molar-refractivity contribution in [2.75, 3.05) is 18.1 Å². The minimum atomic E-state index is -0.602. The molecule has 0 spiro atoms. The van der Waals surface area contributed by atoms with E-state index in [-0.39, 0.29) is 12.5 Å². The number of aryl methyl sites for hydroxylation is 1. The van der Waals surface area contributed by atoms with Crippen molar-refractivity contribution in [1.82, 2.24) is 4.98 Å². The normalized spacial score (nSPS) is 16.0. The van der Waals surface area contributed by atoms with E-state index in [1.807, 2.05) is 70.3 Å². The lowest BCUT2D eigenvalue weighted by atomic mass is 9.96. The lowest BCUT2D eigenvalue weighted by Gasteiger charge is -2.25. The first-order valence-electron chi connectivity index (χ1n) is 10.2. The predicted octanol–water partition coefficient (Wildman–Crippen LogP) is 4.89. The molecule has 0 saturated carbocycles. The van der Waals surface area contributed by atoms with Gasteiger partial charge in [0.2, 0.25) is 0 Å². The van der Waals surface area contributed by atoms with Gasteiger partial charge in [-0.25, -0.2) is 4.79 Å². The van der Waals surface area contributed by atoms with Crippen LogP contribution in [0.25, 0.3) is 10.9 Å². The largest absolute Gasteiger partial charge is 0.487 e. The summed E-state index contributed by atoms with van der Waals surface area (Å²) in [7, 11) is 0. The molecule has 0 aliphatic carbocycles. The molecule has 4 rings (SSSR count). The molecule has 0 saturated heterocycles. The maximum Gasteiger partial charge on any atom is 0.414 e. The summed E-state index contributed by atoms with van der Waals surface area (Å²) in [5.41, 5.74) is 4.09. The molecular weight excluding hydrogens is 380 g/mol. The van der Waals surface area contributed by atoms with Gasteiger partial charge in [0.05, 0.1) is 17.8 Å². The van der Waals surface area contributed by atoms with Crippen LogP contribution in [0.2, 0.25) is 0 Å². The fourth-order valence-corrected chi connectivity index (χ4v) is 4.00. The third-order valence-corrected chi connectivity index (χ3v) is 5.31. The summed E-state index contributed by atoms with van der Waals surface area (Å²) in [5, 5.41) is 11.0. The molecule has 2 aromatic carbocycles. The summed E-state index contributed by atoms with van der Waals surface area (Å²) in [6.07, 6.45) is 1.52. The molecule has 1 aliphatic heterocycles. The highest BCUT2D eigenvalue weighted by Gasteiger charge is 2.37. The van der Waals surface area contributed by atoms with E-state index < -0.39 is 11.7 Å². The van der Waals surface area contributed by atoms with Crippen molar-refractivity contribution in [2.45, 2.75) is 45.8 Å². The fraction of sp³-hybridized carbons (Fsp3) is 0.375. The van der Waals surface area contributed by atoms with E-state index in [0.29, 0.717) is 18.9 Å². The van der Waals surface area contributed by atoms with Crippen LogP contribution >= 0.6 is 0 Å². The Balaban J connectivity index is 1.78. The summed E-state index contributed by atoms with van der Waals surface area (Å²) in [5.74, 6) is 0.501. The van der Waals surface area contributed by atoms with Gasteiger partial charge in [-0.2, -0.15) is 0 Å². The Bertz CT molecular complexity index is 1070. The van der Waals surface area contributed by atoms with Gasteiger partial charge in [0.25, 0.3) is 0 Å². The van der Waals surface area contributed by atoms with E-state index in [2.05, 4.69) is 4.98 Å². The number of benzene rings is 2. The van der Waals surface area contributed by atoms with Crippen molar-refractivity contribution < 1.29 is 19.4 Å². The zero-order valence-corrected chi connectivity index (χ0v) is 17.9.